The van der Waals surface area contributed by atoms with Crippen LogP contribution >= 0.6 is 0 Å². The van der Waals surface area contributed by atoms with Gasteiger partial charge in [-0.25, -0.2) is 0 Å². The van der Waals surface area contributed by atoms with Gasteiger partial charge in [0.05, 0.1) is 0 Å². The van der Waals surface area contributed by atoms with Gasteiger partial charge in [0.15, 0.2) is 0 Å². The molecule has 0 amide bonds. The molecular weight excluding hydrogens is 220 g/mol. The van der Waals surface area contributed by atoms with Crippen molar-refractivity contribution < 1.29 is 0 Å². The quantitative estimate of drug-likeness (QED) is 0.730. The van der Waals surface area contributed by atoms with Crippen LogP contribution < -0.4 is 5.32 Å². The van der Waals surface area contributed by atoms with Gasteiger partial charge in [-0.2, -0.15) is 0 Å². The van der Waals surface area contributed by atoms with Crippen LogP contribution in [0.5, 0.6) is 0 Å². The summed E-state index contributed by atoms with van der Waals surface area (Å²) in [5.74, 6) is 0. The van der Waals surface area contributed by atoms with Gasteiger partial charge < -0.3 is 9.88 Å². The standard InChI is InChI=1S/C16H24N2/c1-3-5-11-18-15(13-17-10-4-2)12-14-8-6-7-9-16(14)18/h6-9,12,17H,3-5,10-11,13H2,1-2H3. The summed E-state index contributed by atoms with van der Waals surface area (Å²) in [4.78, 5) is 0. The number of aromatic nitrogens is 1. The Morgan fingerprint density at radius 1 is 1.11 bits per heavy atom. The Balaban J connectivity index is 2.25. The molecule has 0 saturated carbocycles. The summed E-state index contributed by atoms with van der Waals surface area (Å²) >= 11 is 0. The molecule has 98 valence electrons. The van der Waals surface area contributed by atoms with E-state index in [0.29, 0.717) is 0 Å². The number of para-hydroxylation sites is 1. The van der Waals surface area contributed by atoms with E-state index in [0.717, 1.165) is 19.6 Å². The Morgan fingerprint density at radius 3 is 2.72 bits per heavy atom. The molecule has 0 spiro atoms. The first-order valence-corrected chi connectivity index (χ1v) is 7.14. The van der Waals surface area contributed by atoms with Crippen LogP contribution in [0.2, 0.25) is 0 Å². The van der Waals surface area contributed by atoms with Crippen molar-refractivity contribution in [2.75, 3.05) is 6.54 Å². The molecule has 1 heterocycles. The van der Waals surface area contributed by atoms with E-state index in [-0.39, 0.29) is 0 Å². The van der Waals surface area contributed by atoms with Crippen molar-refractivity contribution >= 4 is 10.9 Å². The fraction of sp³-hybridized carbons (Fsp3) is 0.500. The lowest BCUT2D eigenvalue weighted by molar-refractivity contribution is 0.590. The van der Waals surface area contributed by atoms with E-state index < -0.39 is 0 Å². The van der Waals surface area contributed by atoms with Crippen molar-refractivity contribution in [2.24, 2.45) is 0 Å². The number of aryl methyl sites for hydroxylation is 1. The van der Waals surface area contributed by atoms with Crippen molar-refractivity contribution in [3.8, 4) is 0 Å². The molecule has 2 heteroatoms. The molecular formula is C16H24N2. The minimum absolute atomic E-state index is 0.978. The molecule has 1 aromatic carbocycles. The van der Waals surface area contributed by atoms with E-state index in [1.165, 1.54) is 35.9 Å². The SMILES string of the molecule is CCCCn1c(CNCCC)cc2ccccc21. The van der Waals surface area contributed by atoms with Crippen LogP contribution in [0.1, 0.15) is 38.8 Å². The summed E-state index contributed by atoms with van der Waals surface area (Å²) in [6, 6.07) is 11.0. The Morgan fingerprint density at radius 2 is 1.94 bits per heavy atom. The lowest BCUT2D eigenvalue weighted by Crippen LogP contribution is -2.16. The highest BCUT2D eigenvalue weighted by Gasteiger charge is 2.07. The smallest absolute Gasteiger partial charge is 0.0482 e. The van der Waals surface area contributed by atoms with Gasteiger partial charge in [0.2, 0.25) is 0 Å². The minimum Gasteiger partial charge on any atom is -0.343 e. The second-order valence-corrected chi connectivity index (χ2v) is 4.88. The molecule has 2 nitrogen and oxygen atoms in total. The molecule has 1 aromatic heterocycles. The Bertz CT molecular complexity index is 485. The normalized spacial score (nSPS) is 11.2. The third kappa shape index (κ3) is 2.94. The molecule has 0 aliphatic heterocycles. The Labute approximate surface area is 110 Å². The molecule has 18 heavy (non-hydrogen) atoms. The zero-order chi connectivity index (χ0) is 12.8. The number of benzene rings is 1. The predicted octanol–water partition coefficient (Wildman–Crippen LogP) is 3.94. The zero-order valence-electron chi connectivity index (χ0n) is 11.6. The number of rotatable bonds is 7. The molecule has 2 rings (SSSR count). The van der Waals surface area contributed by atoms with Gasteiger partial charge in [-0.1, -0.05) is 38.5 Å². The maximum atomic E-state index is 3.51. The number of fused-ring (bicyclic) bond motifs is 1. The van der Waals surface area contributed by atoms with Gasteiger partial charge in [0.1, 0.15) is 0 Å². The molecule has 0 aliphatic carbocycles. The third-order valence-electron chi connectivity index (χ3n) is 3.36. The van der Waals surface area contributed by atoms with Crippen molar-refractivity contribution in [3.63, 3.8) is 0 Å². The summed E-state index contributed by atoms with van der Waals surface area (Å²) in [6.45, 7) is 7.66. The molecule has 0 atom stereocenters. The monoisotopic (exact) mass is 244 g/mol. The molecule has 1 N–H and O–H groups in total. The van der Waals surface area contributed by atoms with E-state index >= 15 is 0 Å². The van der Waals surface area contributed by atoms with Gasteiger partial charge in [0, 0.05) is 24.3 Å². The van der Waals surface area contributed by atoms with Crippen LogP contribution in [0, 0.1) is 0 Å². The second-order valence-electron chi connectivity index (χ2n) is 4.88. The fourth-order valence-corrected chi connectivity index (χ4v) is 2.39. The van der Waals surface area contributed by atoms with Crippen molar-refractivity contribution in [2.45, 2.75) is 46.2 Å². The number of hydrogen-bond donors (Lipinski definition) is 1. The fourth-order valence-electron chi connectivity index (χ4n) is 2.39. The van der Waals surface area contributed by atoms with E-state index in [1.54, 1.807) is 0 Å². The first-order chi connectivity index (χ1) is 8.86. The summed E-state index contributed by atoms with van der Waals surface area (Å²) in [5, 5.41) is 4.87. The van der Waals surface area contributed by atoms with Crippen LogP contribution in [0.15, 0.2) is 30.3 Å². The lowest BCUT2D eigenvalue weighted by Gasteiger charge is -2.10. The predicted molar refractivity (Wildman–Crippen MR) is 78.8 cm³/mol. The van der Waals surface area contributed by atoms with E-state index in [4.69, 9.17) is 0 Å². The molecule has 0 unspecified atom stereocenters. The van der Waals surface area contributed by atoms with Crippen LogP contribution in [0.4, 0.5) is 0 Å². The van der Waals surface area contributed by atoms with E-state index in [1.807, 2.05) is 0 Å². The highest BCUT2D eigenvalue weighted by atomic mass is 15.0. The van der Waals surface area contributed by atoms with Crippen LogP contribution in [0.3, 0.4) is 0 Å². The average Bonchev–Trinajstić information content (AvgIpc) is 2.74. The summed E-state index contributed by atoms with van der Waals surface area (Å²) < 4.78 is 2.47. The zero-order valence-corrected chi connectivity index (χ0v) is 11.6. The highest BCUT2D eigenvalue weighted by Crippen LogP contribution is 2.20. The van der Waals surface area contributed by atoms with E-state index in [9.17, 15) is 0 Å². The maximum Gasteiger partial charge on any atom is 0.0482 e. The largest absolute Gasteiger partial charge is 0.343 e. The van der Waals surface area contributed by atoms with Crippen LogP contribution in [-0.2, 0) is 13.1 Å². The molecule has 2 aromatic rings. The van der Waals surface area contributed by atoms with Gasteiger partial charge in [-0.05, 0) is 36.9 Å². The number of nitrogens with zero attached hydrogens (tertiary/aromatic N) is 1. The van der Waals surface area contributed by atoms with Gasteiger partial charge in [-0.15, -0.1) is 0 Å². The lowest BCUT2D eigenvalue weighted by atomic mass is 10.2. The molecule has 0 saturated heterocycles. The van der Waals surface area contributed by atoms with Gasteiger partial charge >= 0.3 is 0 Å². The van der Waals surface area contributed by atoms with Crippen molar-refractivity contribution in [1.29, 1.82) is 0 Å². The van der Waals surface area contributed by atoms with Crippen LogP contribution in [-0.4, -0.2) is 11.1 Å². The van der Waals surface area contributed by atoms with Crippen molar-refractivity contribution in [3.05, 3.63) is 36.0 Å². The minimum atomic E-state index is 0.978. The van der Waals surface area contributed by atoms with E-state index in [2.05, 4.69) is 54.1 Å². The molecule has 0 aliphatic rings. The molecule has 0 fully saturated rings. The maximum absolute atomic E-state index is 3.51. The number of nitrogens with one attached hydrogen (secondary N) is 1. The van der Waals surface area contributed by atoms with Gasteiger partial charge in [0.25, 0.3) is 0 Å². The Kier molecular flexibility index (Phi) is 4.82. The highest BCUT2D eigenvalue weighted by molar-refractivity contribution is 5.81. The Hall–Kier alpha value is -1.28. The average molecular weight is 244 g/mol. The first kappa shape index (κ1) is 13.2. The number of hydrogen-bond acceptors (Lipinski definition) is 1. The van der Waals surface area contributed by atoms with Crippen molar-refractivity contribution in [1.82, 2.24) is 9.88 Å². The first-order valence-electron chi connectivity index (χ1n) is 7.14. The topological polar surface area (TPSA) is 17.0 Å². The van der Waals surface area contributed by atoms with Gasteiger partial charge in [-0.3, -0.25) is 0 Å². The molecule has 0 bridgehead atoms. The number of unbranched alkanes of at least 4 members (excludes halogenated alkanes) is 1. The summed E-state index contributed by atoms with van der Waals surface area (Å²) in [7, 11) is 0. The second kappa shape index (κ2) is 6.60. The summed E-state index contributed by atoms with van der Waals surface area (Å²) in [5.41, 5.74) is 2.79. The van der Waals surface area contributed by atoms with Crippen LogP contribution in [0.25, 0.3) is 10.9 Å². The molecule has 0 radical (unpaired) electrons. The third-order valence-corrected chi connectivity index (χ3v) is 3.36. The summed E-state index contributed by atoms with van der Waals surface area (Å²) in [6.07, 6.45) is 3.68.